The highest BCUT2D eigenvalue weighted by atomic mass is 16.5. The molecule has 6 nitrogen and oxygen atoms in total. The van der Waals surface area contributed by atoms with Crippen LogP contribution in [-0.4, -0.2) is 54.6 Å². The maximum absolute atomic E-state index is 12.0. The average molecular weight is 257 g/mol. The summed E-state index contributed by atoms with van der Waals surface area (Å²) in [5.74, 6) is -0.399. The number of nitrogens with one attached hydrogen (secondary N) is 1. The Morgan fingerprint density at radius 3 is 2.50 bits per heavy atom. The number of nitrogens with zero attached hydrogens (tertiary/aromatic N) is 1. The third-order valence-corrected chi connectivity index (χ3v) is 3.30. The minimum atomic E-state index is -0.988. The zero-order valence-corrected chi connectivity index (χ0v) is 11.4. The first kappa shape index (κ1) is 14.9. The van der Waals surface area contributed by atoms with Gasteiger partial charge in [0.05, 0.1) is 6.61 Å². The van der Waals surface area contributed by atoms with E-state index in [1.54, 1.807) is 11.8 Å². The van der Waals surface area contributed by atoms with E-state index in [0.29, 0.717) is 26.1 Å². The van der Waals surface area contributed by atoms with Crippen LogP contribution in [0.3, 0.4) is 0 Å². The van der Waals surface area contributed by atoms with Gasteiger partial charge in [-0.15, -0.1) is 0 Å². The molecule has 18 heavy (non-hydrogen) atoms. The summed E-state index contributed by atoms with van der Waals surface area (Å²) >= 11 is 0. The van der Waals surface area contributed by atoms with E-state index in [-0.39, 0.29) is 18.4 Å². The Bertz CT molecular complexity index is 310. The van der Waals surface area contributed by atoms with Crippen molar-refractivity contribution in [1.82, 2.24) is 10.2 Å². The van der Waals surface area contributed by atoms with Gasteiger partial charge in [0.2, 0.25) is 11.8 Å². The maximum Gasteiger partial charge on any atom is 0.244 e. The first-order valence-corrected chi connectivity index (χ1v) is 6.41. The number of amides is 2. The van der Waals surface area contributed by atoms with Gasteiger partial charge in [-0.25, -0.2) is 0 Å². The topological polar surface area (TPSA) is 84.7 Å². The molecule has 1 aliphatic heterocycles. The molecule has 3 N–H and O–H groups in total. The van der Waals surface area contributed by atoms with Crippen molar-refractivity contribution in [1.29, 1.82) is 0 Å². The first-order chi connectivity index (χ1) is 8.44. The van der Waals surface area contributed by atoms with Crippen molar-refractivity contribution < 1.29 is 14.3 Å². The van der Waals surface area contributed by atoms with E-state index in [1.165, 1.54) is 0 Å². The quantitative estimate of drug-likeness (QED) is 0.694. The van der Waals surface area contributed by atoms with Gasteiger partial charge in [0.25, 0.3) is 0 Å². The van der Waals surface area contributed by atoms with Crippen LogP contribution < -0.4 is 11.1 Å². The molecule has 2 amide bonds. The zero-order valence-electron chi connectivity index (χ0n) is 11.4. The van der Waals surface area contributed by atoms with Gasteiger partial charge in [-0.05, 0) is 27.2 Å². The van der Waals surface area contributed by atoms with E-state index < -0.39 is 11.6 Å². The van der Waals surface area contributed by atoms with Gasteiger partial charge >= 0.3 is 0 Å². The Balaban J connectivity index is 2.56. The number of rotatable bonds is 5. The molecule has 1 fully saturated rings. The Hall–Kier alpha value is -1.14. The number of hydrogen-bond donors (Lipinski definition) is 2. The zero-order chi connectivity index (χ0) is 13.8. The fourth-order valence-electron chi connectivity index (χ4n) is 1.97. The van der Waals surface area contributed by atoms with Crippen LogP contribution >= 0.6 is 0 Å². The molecule has 1 aliphatic rings. The standard InChI is InChI=1S/C12H23N3O3/c1-4-15(5-2)10(16)9(3)14-11(17)12(13)6-7-18-8-12/h9H,4-8,13H2,1-3H3,(H,14,17). The summed E-state index contributed by atoms with van der Waals surface area (Å²) in [6, 6.07) is -0.557. The van der Waals surface area contributed by atoms with Crippen LogP contribution in [0.15, 0.2) is 0 Å². The Kier molecular flexibility index (Phi) is 5.10. The SMILES string of the molecule is CCN(CC)C(=O)C(C)NC(=O)C1(N)CCOC1. The smallest absolute Gasteiger partial charge is 0.244 e. The molecule has 0 saturated carbocycles. The molecule has 1 heterocycles. The fraction of sp³-hybridized carbons (Fsp3) is 0.833. The number of ether oxygens (including phenoxy) is 1. The molecule has 0 radical (unpaired) electrons. The van der Waals surface area contributed by atoms with Gasteiger partial charge in [-0.2, -0.15) is 0 Å². The van der Waals surface area contributed by atoms with Gasteiger partial charge < -0.3 is 20.7 Å². The van der Waals surface area contributed by atoms with Gasteiger partial charge in [0.15, 0.2) is 0 Å². The summed E-state index contributed by atoms with van der Waals surface area (Å²) in [4.78, 5) is 25.7. The average Bonchev–Trinajstić information content (AvgIpc) is 2.78. The summed E-state index contributed by atoms with van der Waals surface area (Å²) < 4.78 is 5.13. The molecule has 1 saturated heterocycles. The van der Waals surface area contributed by atoms with Gasteiger partial charge in [0.1, 0.15) is 11.6 Å². The highest BCUT2D eigenvalue weighted by Gasteiger charge is 2.39. The van der Waals surface area contributed by atoms with Crippen LogP contribution in [0.25, 0.3) is 0 Å². The van der Waals surface area contributed by atoms with Crippen LogP contribution in [0.4, 0.5) is 0 Å². The number of likely N-dealkylation sites (N-methyl/N-ethyl adjacent to an activating group) is 1. The number of carbonyl (C=O) groups excluding carboxylic acids is 2. The van der Waals surface area contributed by atoms with Crippen LogP contribution in [0, 0.1) is 0 Å². The number of hydrogen-bond acceptors (Lipinski definition) is 4. The van der Waals surface area contributed by atoms with Gasteiger partial charge in [-0.1, -0.05) is 0 Å². The Labute approximate surface area is 108 Å². The van der Waals surface area contributed by atoms with Gasteiger partial charge in [-0.3, -0.25) is 9.59 Å². The third kappa shape index (κ3) is 3.20. The minimum absolute atomic E-state index is 0.0872. The molecule has 0 aromatic heterocycles. The molecule has 1 rings (SSSR count). The second kappa shape index (κ2) is 6.15. The highest BCUT2D eigenvalue weighted by molar-refractivity contribution is 5.92. The van der Waals surface area contributed by atoms with E-state index in [2.05, 4.69) is 5.32 Å². The largest absolute Gasteiger partial charge is 0.379 e. The number of nitrogens with two attached hydrogens (primary N) is 1. The van der Waals surface area contributed by atoms with Crippen LogP contribution in [0.1, 0.15) is 27.2 Å². The summed E-state index contributed by atoms with van der Waals surface area (Å²) in [6.45, 7) is 7.46. The highest BCUT2D eigenvalue weighted by Crippen LogP contribution is 2.15. The van der Waals surface area contributed by atoms with Crippen molar-refractivity contribution in [3.8, 4) is 0 Å². The first-order valence-electron chi connectivity index (χ1n) is 6.41. The van der Waals surface area contributed by atoms with Crippen molar-refractivity contribution in [2.75, 3.05) is 26.3 Å². The lowest BCUT2D eigenvalue weighted by Crippen LogP contribution is -2.58. The van der Waals surface area contributed by atoms with E-state index >= 15 is 0 Å². The molecular formula is C12H23N3O3. The van der Waals surface area contributed by atoms with Crippen LogP contribution in [0.5, 0.6) is 0 Å². The predicted molar refractivity (Wildman–Crippen MR) is 67.9 cm³/mol. The lowest BCUT2D eigenvalue weighted by molar-refractivity contribution is -0.137. The van der Waals surface area contributed by atoms with Crippen molar-refractivity contribution in [2.45, 2.75) is 38.8 Å². The van der Waals surface area contributed by atoms with Crippen LogP contribution in [-0.2, 0) is 14.3 Å². The lowest BCUT2D eigenvalue weighted by Gasteiger charge is -2.27. The summed E-state index contributed by atoms with van der Waals surface area (Å²) in [5.41, 5.74) is 4.94. The fourth-order valence-corrected chi connectivity index (χ4v) is 1.97. The number of carbonyl (C=O) groups is 2. The molecule has 0 aliphatic carbocycles. The molecular weight excluding hydrogens is 234 g/mol. The van der Waals surface area contributed by atoms with E-state index in [9.17, 15) is 9.59 Å². The van der Waals surface area contributed by atoms with Gasteiger partial charge in [0, 0.05) is 19.7 Å². The maximum atomic E-state index is 12.0. The summed E-state index contributed by atoms with van der Waals surface area (Å²) in [7, 11) is 0. The Morgan fingerprint density at radius 2 is 2.06 bits per heavy atom. The monoisotopic (exact) mass is 257 g/mol. The second-order valence-corrected chi connectivity index (χ2v) is 4.66. The van der Waals surface area contributed by atoms with Crippen molar-refractivity contribution in [3.05, 3.63) is 0 Å². The lowest BCUT2D eigenvalue weighted by atomic mass is 9.99. The van der Waals surface area contributed by atoms with Crippen LogP contribution in [0.2, 0.25) is 0 Å². The summed E-state index contributed by atoms with van der Waals surface area (Å²) in [6.07, 6.45) is 0.491. The molecule has 2 unspecified atom stereocenters. The predicted octanol–water partition coefficient (Wildman–Crippen LogP) is -0.523. The minimum Gasteiger partial charge on any atom is -0.379 e. The van der Waals surface area contributed by atoms with Crippen molar-refractivity contribution in [2.24, 2.45) is 5.73 Å². The molecule has 0 bridgehead atoms. The van der Waals surface area contributed by atoms with E-state index in [1.807, 2.05) is 13.8 Å². The molecule has 2 atom stereocenters. The molecule has 104 valence electrons. The van der Waals surface area contributed by atoms with E-state index in [4.69, 9.17) is 10.5 Å². The third-order valence-electron chi connectivity index (χ3n) is 3.30. The normalized spacial score (nSPS) is 24.7. The molecule has 0 aromatic carbocycles. The van der Waals surface area contributed by atoms with E-state index in [0.717, 1.165) is 0 Å². The van der Waals surface area contributed by atoms with Crippen molar-refractivity contribution in [3.63, 3.8) is 0 Å². The molecule has 0 spiro atoms. The second-order valence-electron chi connectivity index (χ2n) is 4.66. The molecule has 0 aromatic rings. The summed E-state index contributed by atoms with van der Waals surface area (Å²) in [5, 5.41) is 2.68. The Morgan fingerprint density at radius 1 is 1.44 bits per heavy atom. The molecule has 6 heteroatoms. The van der Waals surface area contributed by atoms with Crippen molar-refractivity contribution >= 4 is 11.8 Å².